The van der Waals surface area contributed by atoms with Crippen LogP contribution in [0.5, 0.6) is 0 Å². The maximum Gasteiger partial charge on any atom is 0.244 e. The smallest absolute Gasteiger partial charge is 0.244 e. The molecule has 2 heterocycles. The number of aromatic amines is 1. The molecule has 0 aliphatic carbocycles. The molecule has 1 aliphatic heterocycles. The maximum atomic E-state index is 14.3. The van der Waals surface area contributed by atoms with Gasteiger partial charge in [-0.05, 0) is 41.8 Å². The molecular formula is C24H20F2N4O5S2. The number of fused-ring (bicyclic) bond motifs is 1. The summed E-state index contributed by atoms with van der Waals surface area (Å²) < 4.78 is 82.5. The Morgan fingerprint density at radius 2 is 1.78 bits per heavy atom. The number of aromatic nitrogens is 2. The molecule has 1 fully saturated rings. The largest absolute Gasteiger partial charge is 0.341 e. The summed E-state index contributed by atoms with van der Waals surface area (Å²) in [5, 5.41) is -1.01. The number of amides is 1. The molecule has 0 spiro atoms. The Morgan fingerprint density at radius 1 is 1.05 bits per heavy atom. The average Bonchev–Trinajstić information content (AvgIpc) is 3.38. The van der Waals surface area contributed by atoms with E-state index in [0.29, 0.717) is 28.2 Å². The molecular weight excluding hydrogens is 526 g/mol. The van der Waals surface area contributed by atoms with Gasteiger partial charge in [0.2, 0.25) is 26.0 Å². The van der Waals surface area contributed by atoms with Gasteiger partial charge in [0, 0.05) is 6.07 Å². The van der Waals surface area contributed by atoms with Crippen LogP contribution in [0.2, 0.25) is 0 Å². The molecule has 192 valence electrons. The molecule has 5 rings (SSSR count). The van der Waals surface area contributed by atoms with Crippen molar-refractivity contribution in [3.63, 3.8) is 0 Å². The zero-order chi connectivity index (χ0) is 26.4. The summed E-state index contributed by atoms with van der Waals surface area (Å²) in [5.74, 6) is -2.46. The van der Waals surface area contributed by atoms with Crippen molar-refractivity contribution < 1.29 is 30.4 Å². The molecule has 1 aromatic heterocycles. The van der Waals surface area contributed by atoms with Gasteiger partial charge in [0.25, 0.3) is 0 Å². The Bertz CT molecular complexity index is 1690. The number of nitrogens with zero attached hydrogens (tertiary/aromatic N) is 1. The van der Waals surface area contributed by atoms with Gasteiger partial charge < -0.3 is 4.98 Å². The van der Waals surface area contributed by atoms with E-state index in [4.69, 9.17) is 0 Å². The topological polar surface area (TPSA) is 138 Å². The highest BCUT2D eigenvalue weighted by Gasteiger charge is 2.37. The van der Waals surface area contributed by atoms with Crippen LogP contribution in [-0.2, 0) is 31.3 Å². The van der Waals surface area contributed by atoms with Crippen molar-refractivity contribution in [2.24, 2.45) is 0 Å². The van der Waals surface area contributed by atoms with E-state index in [1.165, 1.54) is 0 Å². The third-order valence-corrected chi connectivity index (χ3v) is 9.22. The first-order valence-electron chi connectivity index (χ1n) is 11.1. The van der Waals surface area contributed by atoms with E-state index in [-0.39, 0.29) is 18.7 Å². The van der Waals surface area contributed by atoms with E-state index >= 15 is 0 Å². The zero-order valence-corrected chi connectivity index (χ0v) is 20.6. The number of hydrogen-bond donors (Lipinski definition) is 3. The highest BCUT2D eigenvalue weighted by Crippen LogP contribution is 2.31. The normalized spacial score (nSPS) is 18.1. The third-order valence-electron chi connectivity index (χ3n) is 6.01. The lowest BCUT2D eigenvalue weighted by molar-refractivity contribution is -0.118. The number of H-pyrrole nitrogens is 1. The predicted molar refractivity (Wildman–Crippen MR) is 130 cm³/mol. The van der Waals surface area contributed by atoms with Crippen LogP contribution in [0, 0.1) is 11.6 Å². The summed E-state index contributed by atoms with van der Waals surface area (Å²) in [6, 6.07) is 14.6. The van der Waals surface area contributed by atoms with Crippen molar-refractivity contribution in [3.05, 3.63) is 95.3 Å². The van der Waals surface area contributed by atoms with E-state index in [0.717, 1.165) is 12.1 Å². The molecule has 1 unspecified atom stereocenters. The summed E-state index contributed by atoms with van der Waals surface area (Å²) in [6.07, 6.45) is -0.122. The van der Waals surface area contributed by atoms with E-state index in [2.05, 4.69) is 14.7 Å². The van der Waals surface area contributed by atoms with Gasteiger partial charge in [-0.2, -0.15) is 0 Å². The first-order chi connectivity index (χ1) is 17.5. The number of hydrogen-bond acceptors (Lipinski definition) is 6. The fourth-order valence-electron chi connectivity index (χ4n) is 4.23. The second kappa shape index (κ2) is 9.32. The number of halogens is 2. The van der Waals surface area contributed by atoms with Gasteiger partial charge in [0.1, 0.15) is 27.6 Å². The molecule has 1 amide bonds. The van der Waals surface area contributed by atoms with Crippen LogP contribution in [-0.4, -0.2) is 32.7 Å². The molecule has 1 aliphatic rings. The summed E-state index contributed by atoms with van der Waals surface area (Å²) in [7, 11) is -8.25. The Kier molecular flexibility index (Phi) is 6.30. The quantitative estimate of drug-likeness (QED) is 0.326. The molecule has 3 aromatic carbocycles. The second-order valence-corrected chi connectivity index (χ2v) is 12.1. The Labute approximate surface area is 211 Å². The van der Waals surface area contributed by atoms with E-state index in [9.17, 15) is 30.4 Å². The molecule has 3 N–H and O–H groups in total. The predicted octanol–water partition coefficient (Wildman–Crippen LogP) is 2.99. The van der Waals surface area contributed by atoms with Gasteiger partial charge in [0.05, 0.1) is 23.5 Å². The van der Waals surface area contributed by atoms with Crippen molar-refractivity contribution in [1.29, 1.82) is 0 Å². The van der Waals surface area contributed by atoms with Crippen molar-refractivity contribution in [2.75, 3.05) is 0 Å². The molecule has 2 atom stereocenters. The van der Waals surface area contributed by atoms with Gasteiger partial charge >= 0.3 is 0 Å². The number of para-hydroxylation sites is 2. The van der Waals surface area contributed by atoms with Gasteiger partial charge in [-0.3, -0.25) is 9.52 Å². The number of sulfonamides is 2. The molecule has 1 saturated heterocycles. The van der Waals surface area contributed by atoms with Crippen molar-refractivity contribution in [1.82, 2.24) is 19.4 Å². The SMILES string of the molecule is O=C1CC(c2ccc(C[C@H](NS(=O)(=O)c3ccc(F)cc3F)c3nc4ccccc4[nH]3)cc2)S(=O)(=O)N1. The Morgan fingerprint density at radius 3 is 2.43 bits per heavy atom. The highest BCUT2D eigenvalue weighted by atomic mass is 32.2. The Hall–Kier alpha value is -3.68. The number of benzene rings is 3. The summed E-state index contributed by atoms with van der Waals surface area (Å²) in [5.41, 5.74) is 2.28. The Balaban J connectivity index is 1.47. The molecule has 0 bridgehead atoms. The first-order valence-corrected chi connectivity index (χ1v) is 14.1. The van der Waals surface area contributed by atoms with Crippen molar-refractivity contribution in [3.8, 4) is 0 Å². The molecule has 4 aromatic rings. The minimum absolute atomic E-state index is 0.0662. The number of carbonyl (C=O) groups is 1. The van der Waals surface area contributed by atoms with Gasteiger partial charge in [-0.15, -0.1) is 0 Å². The van der Waals surface area contributed by atoms with Crippen LogP contribution < -0.4 is 9.44 Å². The lowest BCUT2D eigenvalue weighted by Gasteiger charge is -2.18. The summed E-state index contributed by atoms with van der Waals surface area (Å²) in [6.45, 7) is 0. The van der Waals surface area contributed by atoms with E-state index in [1.54, 1.807) is 48.5 Å². The third kappa shape index (κ3) is 5.10. The summed E-state index contributed by atoms with van der Waals surface area (Å²) >= 11 is 0. The zero-order valence-electron chi connectivity index (χ0n) is 19.0. The van der Waals surface area contributed by atoms with Crippen LogP contribution in [0.4, 0.5) is 8.78 Å². The van der Waals surface area contributed by atoms with Gasteiger partial charge in [0.15, 0.2) is 0 Å². The van der Waals surface area contributed by atoms with E-state index < -0.39 is 53.8 Å². The monoisotopic (exact) mass is 546 g/mol. The van der Waals surface area contributed by atoms with Crippen LogP contribution >= 0.6 is 0 Å². The lowest BCUT2D eigenvalue weighted by Crippen LogP contribution is -2.31. The van der Waals surface area contributed by atoms with E-state index in [1.807, 2.05) is 4.72 Å². The number of rotatable bonds is 7. The fraction of sp³-hybridized carbons (Fsp3) is 0.167. The van der Waals surface area contributed by atoms with Crippen LogP contribution in [0.15, 0.2) is 71.6 Å². The second-order valence-electron chi connectivity index (χ2n) is 8.60. The van der Waals surface area contributed by atoms with Gasteiger partial charge in [-0.25, -0.2) is 35.3 Å². The standard InChI is InChI=1S/C24H20F2N4O5S2/c25-16-9-10-21(17(26)12-16)36(32,33)29-20(24-27-18-3-1-2-4-19(18)28-24)11-14-5-7-15(8-6-14)22-13-23(31)30-37(22,34)35/h1-10,12,20,22,29H,11,13H2,(H,27,28)(H,30,31)/t20-,22?/m0/s1. The maximum absolute atomic E-state index is 14.3. The molecule has 13 heteroatoms. The fourth-order valence-corrected chi connectivity index (χ4v) is 6.91. The minimum Gasteiger partial charge on any atom is -0.341 e. The van der Waals surface area contributed by atoms with Crippen molar-refractivity contribution in [2.45, 2.75) is 29.0 Å². The van der Waals surface area contributed by atoms with Crippen molar-refractivity contribution >= 4 is 37.0 Å². The summed E-state index contributed by atoms with van der Waals surface area (Å²) in [4.78, 5) is 18.4. The van der Waals surface area contributed by atoms with Crippen LogP contribution in [0.1, 0.15) is 34.7 Å². The molecule has 0 radical (unpaired) electrons. The van der Waals surface area contributed by atoms with Gasteiger partial charge in [-0.1, -0.05) is 36.4 Å². The average molecular weight is 547 g/mol. The number of imidazole rings is 1. The minimum atomic E-state index is -4.43. The lowest BCUT2D eigenvalue weighted by atomic mass is 10.0. The highest BCUT2D eigenvalue weighted by molar-refractivity contribution is 7.90. The molecule has 37 heavy (non-hydrogen) atoms. The molecule has 0 saturated carbocycles. The number of nitrogens with one attached hydrogen (secondary N) is 3. The number of carbonyl (C=O) groups excluding carboxylic acids is 1. The molecule has 9 nitrogen and oxygen atoms in total. The van der Waals surface area contributed by atoms with Crippen LogP contribution in [0.25, 0.3) is 11.0 Å². The first kappa shape index (κ1) is 25.0. The van der Waals surface area contributed by atoms with Crippen LogP contribution in [0.3, 0.4) is 0 Å².